The van der Waals surface area contributed by atoms with Gasteiger partial charge in [-0.05, 0) is 43.2 Å². The predicted octanol–water partition coefficient (Wildman–Crippen LogP) is 3.91. The molecule has 4 heterocycles. The lowest BCUT2D eigenvalue weighted by Crippen LogP contribution is -2.33. The Morgan fingerprint density at radius 2 is 1.67 bits per heavy atom. The van der Waals surface area contributed by atoms with Gasteiger partial charge in [0.25, 0.3) is 0 Å². The number of nitrogens with one attached hydrogen (secondary N) is 1. The number of halogens is 6. The molecule has 1 aliphatic carbocycles. The molecule has 246 valence electrons. The number of pyridine rings is 1. The molecule has 0 unspecified atom stereocenters. The summed E-state index contributed by atoms with van der Waals surface area (Å²) < 4.78 is 70.7. The Balaban J connectivity index is 0.000000331. The zero-order chi connectivity index (χ0) is 33.4. The number of H-pyrrole nitrogens is 1. The Bertz CT molecular complexity index is 1440. The zero-order valence-corrected chi connectivity index (χ0v) is 23.9. The van der Waals surface area contributed by atoms with Crippen LogP contribution >= 0.6 is 0 Å². The van der Waals surface area contributed by atoms with Crippen molar-refractivity contribution in [2.24, 2.45) is 5.92 Å². The van der Waals surface area contributed by atoms with Crippen LogP contribution in [0.15, 0.2) is 30.7 Å². The van der Waals surface area contributed by atoms with Crippen molar-refractivity contribution in [3.8, 4) is 17.1 Å². The van der Waals surface area contributed by atoms with Gasteiger partial charge in [-0.2, -0.15) is 36.5 Å². The van der Waals surface area contributed by atoms with Crippen molar-refractivity contribution in [1.82, 2.24) is 29.9 Å². The minimum atomic E-state index is -5.08. The zero-order valence-electron chi connectivity index (χ0n) is 23.9. The molecule has 18 heteroatoms. The van der Waals surface area contributed by atoms with E-state index in [0.29, 0.717) is 31.8 Å². The molecule has 0 aromatic carbocycles. The highest BCUT2D eigenvalue weighted by molar-refractivity contribution is 5.77. The van der Waals surface area contributed by atoms with Gasteiger partial charge in [-0.1, -0.05) is 0 Å². The van der Waals surface area contributed by atoms with Gasteiger partial charge in [-0.15, -0.1) is 0 Å². The third-order valence-electron chi connectivity index (χ3n) is 6.74. The summed E-state index contributed by atoms with van der Waals surface area (Å²) in [6.07, 6.45) is 0.973. The molecule has 1 aliphatic heterocycles. The number of amides is 1. The number of aryl methyl sites for hydroxylation is 1. The van der Waals surface area contributed by atoms with E-state index in [9.17, 15) is 31.1 Å². The van der Waals surface area contributed by atoms with Crippen molar-refractivity contribution >= 4 is 17.8 Å². The number of hydrogen-bond acceptors (Lipinski definition) is 7. The average molecular weight is 649 g/mol. The van der Waals surface area contributed by atoms with Crippen LogP contribution in [0.1, 0.15) is 36.1 Å². The van der Waals surface area contributed by atoms with Crippen molar-refractivity contribution in [2.45, 2.75) is 57.4 Å². The molecule has 5 rings (SSSR count). The lowest BCUT2D eigenvalue weighted by molar-refractivity contribution is -0.193. The van der Waals surface area contributed by atoms with Gasteiger partial charge < -0.3 is 19.8 Å². The van der Waals surface area contributed by atoms with Crippen molar-refractivity contribution in [3.05, 3.63) is 47.5 Å². The second kappa shape index (κ2) is 14.9. The van der Waals surface area contributed by atoms with Crippen molar-refractivity contribution < 1.29 is 55.7 Å². The van der Waals surface area contributed by atoms with Crippen LogP contribution in [-0.2, 0) is 40.2 Å². The molecule has 1 fully saturated rings. The third kappa shape index (κ3) is 10.8. The van der Waals surface area contributed by atoms with Gasteiger partial charge in [0.15, 0.2) is 0 Å². The topological polar surface area (TPSA) is 164 Å². The van der Waals surface area contributed by atoms with Crippen LogP contribution in [0.4, 0.5) is 26.3 Å². The number of methoxy groups -OCH3 is 1. The number of fused-ring (bicyclic) bond motifs is 1. The number of carboxylic acid groups (broad SMARTS) is 2. The molecule has 12 nitrogen and oxygen atoms in total. The van der Waals surface area contributed by atoms with Gasteiger partial charge in [-0.25, -0.2) is 14.6 Å². The van der Waals surface area contributed by atoms with E-state index in [1.165, 1.54) is 18.4 Å². The number of rotatable bonds is 7. The average Bonchev–Trinajstić information content (AvgIpc) is 3.59. The standard InChI is InChI=1S/C23H28N6O2.2C2HF3O2/c1-31-21-12-16(6-9-24-21)4-5-22(30)28-10-7-19-20(8-11-28)26-27-23(19)18-13-25-29(15-18)14-17-2-3-17;2*3-2(4,5)1(6)7/h6,9,12-13,15,17H,2-5,7-8,10-11,14H2,1H3,(H,26,27);2*(H,6,7). The van der Waals surface area contributed by atoms with Gasteiger partial charge in [0.1, 0.15) is 0 Å². The quantitative estimate of drug-likeness (QED) is 0.322. The number of carbonyl (C=O) groups excluding carboxylic acids is 1. The van der Waals surface area contributed by atoms with E-state index in [1.807, 2.05) is 27.9 Å². The van der Waals surface area contributed by atoms with E-state index in [4.69, 9.17) is 24.5 Å². The number of aromatic amines is 1. The van der Waals surface area contributed by atoms with Crippen LogP contribution in [0.25, 0.3) is 11.3 Å². The molecule has 3 aromatic rings. The number of hydrogen-bond donors (Lipinski definition) is 3. The Labute approximate surface area is 252 Å². The van der Waals surface area contributed by atoms with Gasteiger partial charge in [-0.3, -0.25) is 14.6 Å². The first-order valence-corrected chi connectivity index (χ1v) is 13.5. The van der Waals surface area contributed by atoms with Crippen molar-refractivity contribution in [3.63, 3.8) is 0 Å². The lowest BCUT2D eigenvalue weighted by atomic mass is 10.1. The van der Waals surface area contributed by atoms with E-state index in [-0.39, 0.29) is 5.91 Å². The largest absolute Gasteiger partial charge is 0.490 e. The maximum Gasteiger partial charge on any atom is 0.490 e. The fraction of sp³-hybridized carbons (Fsp3) is 0.481. The molecule has 1 amide bonds. The van der Waals surface area contributed by atoms with E-state index < -0.39 is 24.3 Å². The Kier molecular flexibility index (Phi) is 11.5. The normalized spacial score (nSPS) is 14.6. The van der Waals surface area contributed by atoms with E-state index >= 15 is 0 Å². The molecular weight excluding hydrogens is 618 g/mol. The summed E-state index contributed by atoms with van der Waals surface area (Å²) in [4.78, 5) is 36.8. The van der Waals surface area contributed by atoms with Gasteiger partial charge in [0, 0.05) is 67.8 Å². The summed E-state index contributed by atoms with van der Waals surface area (Å²) in [5.41, 5.74) is 5.47. The summed E-state index contributed by atoms with van der Waals surface area (Å²) in [6.45, 7) is 2.43. The molecule has 3 aromatic heterocycles. The number of carboxylic acids is 2. The number of aromatic nitrogens is 5. The Morgan fingerprint density at radius 1 is 1.04 bits per heavy atom. The SMILES string of the molecule is COc1cc(CCC(=O)N2CCc3[nH]nc(-c4cnn(CC5CC5)c4)c3CC2)ccn1.O=C(O)C(F)(F)F.O=C(O)C(F)(F)F. The smallest absolute Gasteiger partial charge is 0.481 e. The minimum absolute atomic E-state index is 0.188. The molecule has 0 atom stereocenters. The summed E-state index contributed by atoms with van der Waals surface area (Å²) in [5, 5.41) is 26.6. The lowest BCUT2D eigenvalue weighted by Gasteiger charge is -2.20. The first-order chi connectivity index (χ1) is 21.1. The summed E-state index contributed by atoms with van der Waals surface area (Å²) in [7, 11) is 1.60. The molecule has 3 N–H and O–H groups in total. The number of nitrogens with zero attached hydrogens (tertiary/aromatic N) is 5. The van der Waals surface area contributed by atoms with Crippen LogP contribution in [0.2, 0.25) is 0 Å². The highest BCUT2D eigenvalue weighted by Gasteiger charge is 2.39. The van der Waals surface area contributed by atoms with Crippen LogP contribution in [0.3, 0.4) is 0 Å². The minimum Gasteiger partial charge on any atom is -0.481 e. The van der Waals surface area contributed by atoms with Crippen molar-refractivity contribution in [1.29, 1.82) is 0 Å². The van der Waals surface area contributed by atoms with E-state index in [2.05, 4.69) is 26.5 Å². The van der Waals surface area contributed by atoms with Crippen molar-refractivity contribution in [2.75, 3.05) is 20.2 Å². The van der Waals surface area contributed by atoms with Crippen LogP contribution in [0.5, 0.6) is 5.88 Å². The molecule has 0 bridgehead atoms. The molecule has 2 aliphatic rings. The second-order valence-electron chi connectivity index (χ2n) is 10.1. The van der Waals surface area contributed by atoms with Crippen LogP contribution in [-0.4, -0.2) is 90.5 Å². The Hall–Kier alpha value is -4.64. The Morgan fingerprint density at radius 3 is 2.24 bits per heavy atom. The molecule has 0 radical (unpaired) electrons. The van der Waals surface area contributed by atoms with Gasteiger partial charge >= 0.3 is 24.3 Å². The van der Waals surface area contributed by atoms with Crippen LogP contribution in [0, 0.1) is 5.92 Å². The summed E-state index contributed by atoms with van der Waals surface area (Å²) in [6, 6.07) is 3.83. The molecule has 0 saturated heterocycles. The molecule has 1 saturated carbocycles. The highest BCUT2D eigenvalue weighted by atomic mass is 19.4. The first-order valence-electron chi connectivity index (χ1n) is 13.5. The third-order valence-corrected chi connectivity index (χ3v) is 6.74. The first kappa shape index (κ1) is 34.8. The maximum absolute atomic E-state index is 12.9. The number of carbonyl (C=O) groups is 3. The van der Waals surface area contributed by atoms with E-state index in [1.54, 1.807) is 13.3 Å². The monoisotopic (exact) mass is 648 g/mol. The number of ether oxygens (including phenoxy) is 1. The highest BCUT2D eigenvalue weighted by Crippen LogP contribution is 2.32. The summed E-state index contributed by atoms with van der Waals surface area (Å²) in [5.74, 6) is -3.96. The van der Waals surface area contributed by atoms with Gasteiger partial charge in [0.05, 0.1) is 19.0 Å². The fourth-order valence-electron chi connectivity index (χ4n) is 4.25. The van der Waals surface area contributed by atoms with Crippen LogP contribution < -0.4 is 4.74 Å². The van der Waals surface area contributed by atoms with E-state index in [0.717, 1.165) is 47.8 Å². The predicted molar refractivity (Wildman–Crippen MR) is 143 cm³/mol. The number of alkyl halides is 6. The number of aliphatic carboxylic acids is 2. The fourth-order valence-corrected chi connectivity index (χ4v) is 4.25. The summed E-state index contributed by atoms with van der Waals surface area (Å²) >= 11 is 0. The molecule has 45 heavy (non-hydrogen) atoms. The maximum atomic E-state index is 12.9. The molecule has 0 spiro atoms. The van der Waals surface area contributed by atoms with Gasteiger partial charge in [0.2, 0.25) is 11.8 Å². The second-order valence-corrected chi connectivity index (χ2v) is 10.1. The molecular formula is C27H30F6N6O6.